The van der Waals surface area contributed by atoms with Gasteiger partial charge >= 0.3 is 5.69 Å². The summed E-state index contributed by atoms with van der Waals surface area (Å²) < 4.78 is 5.49. The van der Waals surface area contributed by atoms with E-state index in [-0.39, 0.29) is 28.2 Å². The van der Waals surface area contributed by atoms with Crippen molar-refractivity contribution in [3.63, 3.8) is 0 Å². The molecular formula is C19H13N3O7S. The van der Waals surface area contributed by atoms with Gasteiger partial charge < -0.3 is 4.74 Å². The van der Waals surface area contributed by atoms with Crippen LogP contribution in [0.25, 0.3) is 6.08 Å². The van der Waals surface area contributed by atoms with Crippen LogP contribution in [0, 0.1) is 20.2 Å². The molecule has 0 spiro atoms. The Kier molecular flexibility index (Phi) is 5.93. The third-order valence-corrected chi connectivity index (χ3v) is 4.85. The van der Waals surface area contributed by atoms with Gasteiger partial charge in [0, 0.05) is 12.6 Å². The highest BCUT2D eigenvalue weighted by atomic mass is 32.2. The number of hydrogen-bond acceptors (Lipinski definition) is 8. The minimum Gasteiger partial charge on any atom is -0.450 e. The average molecular weight is 427 g/mol. The molecule has 0 N–H and O–H groups in total. The largest absolute Gasteiger partial charge is 0.450 e. The van der Waals surface area contributed by atoms with Gasteiger partial charge in [-0.3, -0.25) is 34.7 Å². The van der Waals surface area contributed by atoms with Gasteiger partial charge in [0.1, 0.15) is 5.75 Å². The quantitative estimate of drug-likeness (QED) is 0.273. The molecule has 0 aliphatic carbocycles. The van der Waals surface area contributed by atoms with Crippen LogP contribution in [0.15, 0.2) is 60.0 Å². The molecule has 1 aliphatic heterocycles. The fourth-order valence-corrected chi connectivity index (χ4v) is 3.39. The van der Waals surface area contributed by atoms with Gasteiger partial charge in [-0.25, -0.2) is 0 Å². The van der Waals surface area contributed by atoms with Gasteiger partial charge in [0.05, 0.1) is 20.8 Å². The third-order valence-electron chi connectivity index (χ3n) is 3.94. The summed E-state index contributed by atoms with van der Waals surface area (Å²) in [5, 5.41) is 21.6. The van der Waals surface area contributed by atoms with Crippen molar-refractivity contribution in [3.05, 3.63) is 85.8 Å². The summed E-state index contributed by atoms with van der Waals surface area (Å²) in [5.41, 5.74) is -0.344. The molecule has 0 bridgehead atoms. The Labute approximate surface area is 173 Å². The van der Waals surface area contributed by atoms with Crippen LogP contribution in [-0.4, -0.2) is 32.4 Å². The van der Waals surface area contributed by atoms with Gasteiger partial charge in [-0.2, -0.15) is 0 Å². The molecule has 0 radical (unpaired) electrons. The van der Waals surface area contributed by atoms with Crippen LogP contribution >= 0.6 is 11.8 Å². The topological polar surface area (TPSA) is 133 Å². The van der Waals surface area contributed by atoms with Crippen LogP contribution in [0.3, 0.4) is 0 Å². The molecule has 0 atom stereocenters. The first-order valence-electron chi connectivity index (χ1n) is 8.37. The van der Waals surface area contributed by atoms with Crippen molar-refractivity contribution >= 4 is 40.4 Å². The molecule has 0 saturated carbocycles. The fraction of sp³-hybridized carbons (Fsp3) is 0.0526. The summed E-state index contributed by atoms with van der Waals surface area (Å²) in [6, 6.07) is 9.33. The van der Waals surface area contributed by atoms with E-state index in [1.54, 1.807) is 18.2 Å². The zero-order valence-electron chi connectivity index (χ0n) is 15.2. The van der Waals surface area contributed by atoms with E-state index in [1.807, 2.05) is 0 Å². The molecule has 3 rings (SSSR count). The number of carbonyl (C=O) groups is 2. The number of rotatable bonds is 7. The fourth-order valence-electron chi connectivity index (χ4n) is 2.55. The number of imide groups is 1. The lowest BCUT2D eigenvalue weighted by Crippen LogP contribution is -2.27. The number of ether oxygens (including phenoxy) is 1. The summed E-state index contributed by atoms with van der Waals surface area (Å²) >= 11 is 0.822. The van der Waals surface area contributed by atoms with E-state index < -0.39 is 27.1 Å². The normalized spacial score (nSPS) is 14.8. The van der Waals surface area contributed by atoms with Crippen LogP contribution in [0.1, 0.15) is 5.56 Å². The van der Waals surface area contributed by atoms with Gasteiger partial charge in [-0.15, -0.1) is 6.58 Å². The summed E-state index contributed by atoms with van der Waals surface area (Å²) in [4.78, 5) is 45.9. The maximum atomic E-state index is 12.2. The SMILES string of the molecule is C=CCN1C(=O)S/C(=C/c2ccc(Oc3ccc([N+](=O)[O-])cc3[N+](=O)[O-])cc2)C1=O. The molecule has 10 nitrogen and oxygen atoms in total. The highest BCUT2D eigenvalue weighted by molar-refractivity contribution is 8.18. The van der Waals surface area contributed by atoms with Gasteiger partial charge in [-0.1, -0.05) is 18.2 Å². The van der Waals surface area contributed by atoms with Gasteiger partial charge in [0.2, 0.25) is 5.75 Å². The van der Waals surface area contributed by atoms with Crippen molar-refractivity contribution < 1.29 is 24.2 Å². The second kappa shape index (κ2) is 8.57. The van der Waals surface area contributed by atoms with Crippen molar-refractivity contribution in [2.75, 3.05) is 6.54 Å². The zero-order valence-corrected chi connectivity index (χ0v) is 16.0. The molecular weight excluding hydrogens is 414 g/mol. The van der Waals surface area contributed by atoms with E-state index in [1.165, 1.54) is 18.2 Å². The van der Waals surface area contributed by atoms with Gasteiger partial charge in [-0.05, 0) is 41.6 Å². The molecule has 2 aromatic rings. The highest BCUT2D eigenvalue weighted by Crippen LogP contribution is 2.35. The predicted molar refractivity (Wildman–Crippen MR) is 109 cm³/mol. The van der Waals surface area contributed by atoms with E-state index in [4.69, 9.17) is 4.74 Å². The number of amides is 2. The lowest BCUT2D eigenvalue weighted by Gasteiger charge is -2.08. The minimum atomic E-state index is -0.768. The summed E-state index contributed by atoms with van der Waals surface area (Å²) in [5.74, 6) is -0.306. The van der Waals surface area contributed by atoms with E-state index in [2.05, 4.69) is 6.58 Å². The van der Waals surface area contributed by atoms with Gasteiger partial charge in [0.25, 0.3) is 16.8 Å². The maximum absolute atomic E-state index is 12.2. The Bertz CT molecular complexity index is 1100. The molecule has 152 valence electrons. The summed E-state index contributed by atoms with van der Waals surface area (Å²) in [6.07, 6.45) is 3.01. The molecule has 2 aromatic carbocycles. The minimum absolute atomic E-state index is 0.128. The number of non-ortho nitro benzene ring substituents is 1. The number of hydrogen-bond donors (Lipinski definition) is 0. The van der Waals surface area contributed by atoms with E-state index in [0.717, 1.165) is 34.9 Å². The summed E-state index contributed by atoms with van der Waals surface area (Å²) in [7, 11) is 0. The Balaban J connectivity index is 1.80. The molecule has 0 aromatic heterocycles. The first kappa shape index (κ1) is 20.7. The number of nitro benzene ring substituents is 2. The summed E-state index contributed by atoms with van der Waals surface area (Å²) in [6.45, 7) is 3.64. The number of nitrogens with zero attached hydrogens (tertiary/aromatic N) is 3. The lowest BCUT2D eigenvalue weighted by molar-refractivity contribution is -0.394. The molecule has 2 amide bonds. The second-order valence-corrected chi connectivity index (χ2v) is 6.91. The molecule has 0 unspecified atom stereocenters. The molecule has 30 heavy (non-hydrogen) atoms. The molecule has 1 aliphatic rings. The standard InChI is InChI=1S/C19H13N3O7S/c1-2-9-20-18(23)17(30-19(20)24)10-12-3-6-14(7-4-12)29-16-8-5-13(21(25)26)11-15(16)22(27)28/h2-8,10-11H,1,9H2/b17-10+. The molecule has 11 heteroatoms. The average Bonchev–Trinajstić information content (AvgIpc) is 2.97. The Morgan fingerprint density at radius 2 is 1.77 bits per heavy atom. The lowest BCUT2D eigenvalue weighted by atomic mass is 10.2. The Morgan fingerprint density at radius 3 is 2.37 bits per heavy atom. The molecule has 1 heterocycles. The molecule has 1 saturated heterocycles. The van der Waals surface area contributed by atoms with Crippen molar-refractivity contribution in [1.29, 1.82) is 0 Å². The number of benzene rings is 2. The Morgan fingerprint density at radius 1 is 1.07 bits per heavy atom. The van der Waals surface area contributed by atoms with Crippen molar-refractivity contribution in [3.8, 4) is 11.5 Å². The number of nitro groups is 2. The predicted octanol–water partition coefficient (Wildman–Crippen LogP) is 4.52. The van der Waals surface area contributed by atoms with Crippen LogP contribution < -0.4 is 4.74 Å². The zero-order chi connectivity index (χ0) is 21.8. The first-order valence-corrected chi connectivity index (χ1v) is 9.19. The first-order chi connectivity index (χ1) is 14.3. The third kappa shape index (κ3) is 4.36. The monoisotopic (exact) mass is 427 g/mol. The smallest absolute Gasteiger partial charge is 0.318 e. The highest BCUT2D eigenvalue weighted by Gasteiger charge is 2.34. The van der Waals surface area contributed by atoms with Crippen LogP contribution in [0.5, 0.6) is 11.5 Å². The number of thioether (sulfide) groups is 1. The van der Waals surface area contributed by atoms with Gasteiger partial charge in [0.15, 0.2) is 0 Å². The van der Waals surface area contributed by atoms with Crippen LogP contribution in [0.4, 0.5) is 16.2 Å². The van der Waals surface area contributed by atoms with E-state index >= 15 is 0 Å². The Hall–Kier alpha value is -3.99. The maximum Gasteiger partial charge on any atom is 0.318 e. The van der Waals surface area contributed by atoms with Crippen LogP contribution in [-0.2, 0) is 4.79 Å². The van der Waals surface area contributed by atoms with E-state index in [0.29, 0.717) is 5.56 Å². The van der Waals surface area contributed by atoms with Crippen molar-refractivity contribution in [2.45, 2.75) is 0 Å². The van der Waals surface area contributed by atoms with Crippen molar-refractivity contribution in [1.82, 2.24) is 4.90 Å². The van der Waals surface area contributed by atoms with Crippen molar-refractivity contribution in [2.24, 2.45) is 0 Å². The number of carbonyl (C=O) groups excluding carboxylic acids is 2. The second-order valence-electron chi connectivity index (χ2n) is 5.92. The van der Waals surface area contributed by atoms with Crippen LogP contribution in [0.2, 0.25) is 0 Å². The van der Waals surface area contributed by atoms with E-state index in [9.17, 15) is 29.8 Å². The molecule has 1 fully saturated rings.